The number of nitrogens with one attached hydrogen (secondary N) is 1. The minimum absolute atomic E-state index is 0.245. The number of hydrogen-bond acceptors (Lipinski definition) is 8. The highest BCUT2D eigenvalue weighted by Gasteiger charge is 2.22. The maximum Gasteiger partial charge on any atom is 0.267 e. The van der Waals surface area contributed by atoms with Crippen LogP contribution in [0.5, 0.6) is 5.88 Å². The van der Waals surface area contributed by atoms with E-state index in [4.69, 9.17) is 9.47 Å². The maximum absolute atomic E-state index is 13.9. The van der Waals surface area contributed by atoms with Gasteiger partial charge >= 0.3 is 0 Å². The molecular formula is C21H19FN4O3S2. The van der Waals surface area contributed by atoms with Gasteiger partial charge in [-0.2, -0.15) is 4.98 Å². The van der Waals surface area contributed by atoms with Crippen molar-refractivity contribution < 1.29 is 18.7 Å². The Labute approximate surface area is 185 Å². The molecule has 0 saturated carbocycles. The summed E-state index contributed by atoms with van der Waals surface area (Å²) in [4.78, 5) is 28.0. The van der Waals surface area contributed by atoms with E-state index < -0.39 is 0 Å². The summed E-state index contributed by atoms with van der Waals surface area (Å²) < 4.78 is 24.4. The number of carbonyl (C=O) groups is 1. The Morgan fingerprint density at radius 3 is 2.74 bits per heavy atom. The molecule has 160 valence electrons. The number of nitrogens with zero attached hydrogens (tertiary/aromatic N) is 3. The molecule has 4 aromatic rings. The summed E-state index contributed by atoms with van der Waals surface area (Å²) in [7, 11) is 3.09. The van der Waals surface area contributed by atoms with Crippen molar-refractivity contribution in [2.75, 3.05) is 19.5 Å². The highest BCUT2D eigenvalue weighted by molar-refractivity contribution is 7.21. The molecule has 0 saturated heterocycles. The summed E-state index contributed by atoms with van der Waals surface area (Å²) in [6.07, 6.45) is 2.06. The molecule has 0 spiro atoms. The molecule has 0 aliphatic heterocycles. The van der Waals surface area contributed by atoms with Gasteiger partial charge < -0.3 is 9.47 Å². The lowest BCUT2D eigenvalue weighted by Gasteiger charge is -2.05. The molecule has 7 nitrogen and oxygen atoms in total. The molecule has 3 heterocycles. The summed E-state index contributed by atoms with van der Waals surface area (Å²) in [5, 5.41) is 3.99. The van der Waals surface area contributed by atoms with Crippen molar-refractivity contribution in [2.45, 2.75) is 20.0 Å². The molecule has 0 aliphatic rings. The summed E-state index contributed by atoms with van der Waals surface area (Å²) in [5.74, 6) is 0.344. The molecule has 31 heavy (non-hydrogen) atoms. The smallest absolute Gasteiger partial charge is 0.267 e. The van der Waals surface area contributed by atoms with E-state index in [1.54, 1.807) is 31.5 Å². The van der Waals surface area contributed by atoms with Gasteiger partial charge in [0.05, 0.1) is 17.4 Å². The Balaban J connectivity index is 1.57. The van der Waals surface area contributed by atoms with Crippen LogP contribution in [-0.2, 0) is 17.8 Å². The van der Waals surface area contributed by atoms with Gasteiger partial charge in [0.2, 0.25) is 5.88 Å². The Morgan fingerprint density at radius 2 is 2.00 bits per heavy atom. The Kier molecular flexibility index (Phi) is 6.21. The highest BCUT2D eigenvalue weighted by Crippen LogP contribution is 2.35. The van der Waals surface area contributed by atoms with Crippen LogP contribution in [0.4, 0.5) is 9.52 Å². The second-order valence-corrected chi connectivity index (χ2v) is 8.79. The lowest BCUT2D eigenvalue weighted by Crippen LogP contribution is -2.11. The number of aryl methyl sites for hydroxylation is 1. The van der Waals surface area contributed by atoms with Gasteiger partial charge in [-0.1, -0.05) is 18.2 Å². The molecule has 0 fully saturated rings. The number of methoxy groups -OCH3 is 2. The third kappa shape index (κ3) is 4.41. The van der Waals surface area contributed by atoms with Crippen molar-refractivity contribution in [3.8, 4) is 5.88 Å². The first kappa shape index (κ1) is 21.3. The van der Waals surface area contributed by atoms with Gasteiger partial charge in [0, 0.05) is 24.6 Å². The van der Waals surface area contributed by atoms with Crippen LogP contribution in [0.15, 0.2) is 30.5 Å². The summed E-state index contributed by atoms with van der Waals surface area (Å²) >= 11 is 2.58. The van der Waals surface area contributed by atoms with Crippen LogP contribution in [-0.4, -0.2) is 35.1 Å². The van der Waals surface area contributed by atoms with E-state index in [9.17, 15) is 9.18 Å². The van der Waals surface area contributed by atoms with Crippen LogP contribution in [0, 0.1) is 12.7 Å². The molecule has 1 amide bonds. The lowest BCUT2D eigenvalue weighted by atomic mass is 10.1. The average Bonchev–Trinajstić information content (AvgIpc) is 3.33. The average molecular weight is 459 g/mol. The van der Waals surface area contributed by atoms with Crippen LogP contribution in [0.3, 0.4) is 0 Å². The largest absolute Gasteiger partial charge is 0.480 e. The van der Waals surface area contributed by atoms with E-state index in [0.717, 1.165) is 10.4 Å². The summed E-state index contributed by atoms with van der Waals surface area (Å²) in [6.45, 7) is 2.08. The standard InChI is InChI=1S/C21H19FN4O3S2/c1-11-16-19(29-3)24-15(10-28-2)25-20(16)31-17(11)18(27)26-21-23-9-13(30-21)8-12-6-4-5-7-14(12)22/h4-7,9H,8,10H2,1-3H3,(H,23,26,27). The lowest BCUT2D eigenvalue weighted by molar-refractivity contribution is 0.103. The molecule has 3 aromatic heterocycles. The van der Waals surface area contributed by atoms with Gasteiger partial charge in [-0.05, 0) is 24.1 Å². The Morgan fingerprint density at radius 1 is 1.19 bits per heavy atom. The molecular weight excluding hydrogens is 439 g/mol. The first-order valence-corrected chi connectivity index (χ1v) is 11.0. The van der Waals surface area contributed by atoms with Crippen molar-refractivity contribution >= 4 is 43.9 Å². The number of hydrogen-bond donors (Lipinski definition) is 1. The topological polar surface area (TPSA) is 86.2 Å². The number of anilines is 1. The third-order valence-electron chi connectivity index (χ3n) is 4.57. The van der Waals surface area contributed by atoms with Gasteiger partial charge in [0.25, 0.3) is 5.91 Å². The number of halogens is 1. The minimum atomic E-state index is -0.289. The van der Waals surface area contributed by atoms with Gasteiger partial charge in [0.1, 0.15) is 17.3 Å². The minimum Gasteiger partial charge on any atom is -0.480 e. The van der Waals surface area contributed by atoms with Gasteiger partial charge in [0.15, 0.2) is 11.0 Å². The molecule has 1 aromatic carbocycles. The zero-order chi connectivity index (χ0) is 22.0. The predicted octanol–water partition coefficient (Wildman–Crippen LogP) is 4.59. The zero-order valence-electron chi connectivity index (χ0n) is 17.1. The van der Waals surface area contributed by atoms with Crippen molar-refractivity contribution in [2.24, 2.45) is 0 Å². The van der Waals surface area contributed by atoms with Gasteiger partial charge in [-0.3, -0.25) is 10.1 Å². The number of carbonyl (C=O) groups excluding carboxylic acids is 1. The predicted molar refractivity (Wildman–Crippen MR) is 119 cm³/mol. The summed E-state index contributed by atoms with van der Waals surface area (Å²) in [5.41, 5.74) is 1.32. The highest BCUT2D eigenvalue weighted by atomic mass is 32.1. The molecule has 0 unspecified atom stereocenters. The molecule has 0 bridgehead atoms. The van der Waals surface area contributed by atoms with Crippen LogP contribution < -0.4 is 10.1 Å². The fourth-order valence-electron chi connectivity index (χ4n) is 3.13. The van der Waals surface area contributed by atoms with Gasteiger partial charge in [-0.15, -0.1) is 22.7 Å². The maximum atomic E-state index is 13.9. The van der Waals surface area contributed by atoms with E-state index in [1.807, 2.05) is 6.92 Å². The summed E-state index contributed by atoms with van der Waals surface area (Å²) in [6, 6.07) is 6.61. The van der Waals surface area contributed by atoms with Crippen molar-refractivity contribution in [1.82, 2.24) is 15.0 Å². The SMILES string of the molecule is COCc1nc(OC)c2c(C)c(C(=O)Nc3ncc(Cc4ccccc4F)s3)sc2n1. The second-order valence-electron chi connectivity index (χ2n) is 6.67. The van der Waals surface area contributed by atoms with E-state index in [1.165, 1.54) is 35.8 Å². The monoisotopic (exact) mass is 458 g/mol. The van der Waals surface area contributed by atoms with Crippen molar-refractivity contribution in [1.29, 1.82) is 0 Å². The fourth-order valence-corrected chi connectivity index (χ4v) is 5.05. The van der Waals surface area contributed by atoms with E-state index >= 15 is 0 Å². The second kappa shape index (κ2) is 9.04. The zero-order valence-corrected chi connectivity index (χ0v) is 18.7. The number of ether oxygens (including phenoxy) is 2. The molecule has 0 atom stereocenters. The van der Waals surface area contributed by atoms with Crippen molar-refractivity contribution in [3.63, 3.8) is 0 Å². The number of fused-ring (bicyclic) bond motifs is 1. The fraction of sp³-hybridized carbons (Fsp3) is 0.238. The number of benzene rings is 1. The quantitative estimate of drug-likeness (QED) is 0.436. The molecule has 4 rings (SSSR count). The van der Waals surface area contributed by atoms with Crippen molar-refractivity contribution in [3.05, 3.63) is 63.0 Å². The van der Waals surface area contributed by atoms with Crippen LogP contribution in [0.1, 0.15) is 31.5 Å². The number of aromatic nitrogens is 3. The Hall–Kier alpha value is -2.95. The number of amides is 1. The molecule has 10 heteroatoms. The number of thiazole rings is 1. The van der Waals surface area contributed by atoms with Crippen LogP contribution in [0.25, 0.3) is 10.2 Å². The van der Waals surface area contributed by atoms with Crippen LogP contribution >= 0.6 is 22.7 Å². The molecule has 1 N–H and O–H groups in total. The first-order chi connectivity index (χ1) is 15.0. The number of thiophene rings is 1. The van der Waals surface area contributed by atoms with E-state index in [2.05, 4.69) is 20.3 Å². The normalized spacial score (nSPS) is 11.1. The molecule has 0 aliphatic carbocycles. The molecule has 0 radical (unpaired) electrons. The number of rotatable bonds is 7. The van der Waals surface area contributed by atoms with E-state index in [0.29, 0.717) is 43.9 Å². The first-order valence-electron chi connectivity index (χ1n) is 9.32. The third-order valence-corrected chi connectivity index (χ3v) is 6.67. The van der Waals surface area contributed by atoms with Crippen LogP contribution in [0.2, 0.25) is 0 Å². The van der Waals surface area contributed by atoms with E-state index in [-0.39, 0.29) is 18.3 Å². The van der Waals surface area contributed by atoms with Gasteiger partial charge in [-0.25, -0.2) is 14.4 Å². The Bertz CT molecular complexity index is 1250.